The van der Waals surface area contributed by atoms with Crippen LogP contribution in [-0.4, -0.2) is 38.1 Å². The maximum atomic E-state index is 12.8. The number of methoxy groups -OCH3 is 1. The van der Waals surface area contributed by atoms with Crippen LogP contribution in [0.5, 0.6) is 5.75 Å². The van der Waals surface area contributed by atoms with Gasteiger partial charge in [0.2, 0.25) is 5.91 Å². The number of carbonyl (C=O) groups excluding carboxylic acids is 2. The second-order valence-corrected chi connectivity index (χ2v) is 7.03. The summed E-state index contributed by atoms with van der Waals surface area (Å²) >= 11 is 0. The zero-order chi connectivity index (χ0) is 16.6. The monoisotopic (exact) mass is 317 g/mol. The molecule has 2 aliphatic heterocycles. The molecule has 0 aliphatic carbocycles. The largest absolute Gasteiger partial charge is 0.497 e. The van der Waals surface area contributed by atoms with Gasteiger partial charge < -0.3 is 9.64 Å². The Balaban J connectivity index is 1.79. The van der Waals surface area contributed by atoms with E-state index in [9.17, 15) is 9.59 Å². The summed E-state index contributed by atoms with van der Waals surface area (Å²) in [6.45, 7) is 6.42. The maximum Gasteiger partial charge on any atom is 0.292 e. The van der Waals surface area contributed by atoms with Crippen LogP contribution in [0, 0.1) is 11.8 Å². The van der Waals surface area contributed by atoms with Crippen molar-refractivity contribution in [3.05, 3.63) is 24.3 Å². The van der Waals surface area contributed by atoms with Crippen LogP contribution in [0.1, 0.15) is 26.7 Å². The average Bonchev–Trinajstić information content (AvgIpc) is 2.81. The van der Waals surface area contributed by atoms with Gasteiger partial charge in [0.25, 0.3) is 5.91 Å². The predicted molar refractivity (Wildman–Crippen MR) is 87.5 cm³/mol. The molecular formula is C18H25N2O3+. The minimum atomic E-state index is -0.227. The van der Waals surface area contributed by atoms with Crippen molar-refractivity contribution < 1.29 is 19.2 Å². The van der Waals surface area contributed by atoms with E-state index in [4.69, 9.17) is 4.74 Å². The van der Waals surface area contributed by atoms with Crippen molar-refractivity contribution in [2.24, 2.45) is 11.8 Å². The third-order valence-corrected chi connectivity index (χ3v) is 5.00. The number of hydrogen-bond acceptors (Lipinski definition) is 3. The lowest BCUT2D eigenvalue weighted by atomic mass is 9.90. The topological polar surface area (TPSA) is 51.0 Å². The van der Waals surface area contributed by atoms with E-state index in [1.807, 2.05) is 0 Å². The lowest BCUT2D eigenvalue weighted by Gasteiger charge is -2.34. The second kappa shape index (κ2) is 6.32. The Bertz CT molecular complexity index is 589. The molecular weight excluding hydrogens is 292 g/mol. The Kier molecular flexibility index (Phi) is 4.39. The highest BCUT2D eigenvalue weighted by Crippen LogP contribution is 2.25. The molecule has 2 saturated heterocycles. The Morgan fingerprint density at radius 2 is 1.70 bits per heavy atom. The minimum Gasteiger partial charge on any atom is -0.497 e. The third kappa shape index (κ3) is 3.11. The molecule has 5 nitrogen and oxygen atoms in total. The fourth-order valence-corrected chi connectivity index (χ4v) is 4.07. The Hall–Kier alpha value is -1.88. The second-order valence-electron chi connectivity index (χ2n) is 7.03. The zero-order valence-corrected chi connectivity index (χ0v) is 14.0. The summed E-state index contributed by atoms with van der Waals surface area (Å²) < 4.78 is 5.13. The van der Waals surface area contributed by atoms with Gasteiger partial charge in [0.1, 0.15) is 5.75 Å². The fourth-order valence-electron chi connectivity index (χ4n) is 4.07. The molecule has 1 aromatic carbocycles. The number of imide groups is 1. The quantitative estimate of drug-likeness (QED) is 0.842. The van der Waals surface area contributed by atoms with Gasteiger partial charge in [-0.15, -0.1) is 0 Å². The van der Waals surface area contributed by atoms with Crippen LogP contribution in [0.25, 0.3) is 0 Å². The van der Waals surface area contributed by atoms with Crippen LogP contribution in [0.2, 0.25) is 0 Å². The maximum absolute atomic E-state index is 12.8. The average molecular weight is 317 g/mol. The molecule has 1 aromatic rings. The summed E-state index contributed by atoms with van der Waals surface area (Å²) in [5, 5.41) is 0. The van der Waals surface area contributed by atoms with Gasteiger partial charge in [0.05, 0.1) is 32.3 Å². The highest BCUT2D eigenvalue weighted by Gasteiger charge is 2.47. The van der Waals surface area contributed by atoms with E-state index in [1.54, 1.807) is 31.4 Å². The first-order chi connectivity index (χ1) is 11.0. The van der Waals surface area contributed by atoms with Crippen LogP contribution >= 0.6 is 0 Å². The van der Waals surface area contributed by atoms with Crippen molar-refractivity contribution >= 4 is 17.5 Å². The van der Waals surface area contributed by atoms with Gasteiger partial charge in [-0.25, -0.2) is 4.90 Å². The smallest absolute Gasteiger partial charge is 0.292 e. The van der Waals surface area contributed by atoms with Crippen molar-refractivity contribution in [2.45, 2.75) is 32.7 Å². The van der Waals surface area contributed by atoms with E-state index >= 15 is 0 Å². The summed E-state index contributed by atoms with van der Waals surface area (Å²) in [5.41, 5.74) is 0.640. The number of rotatable bonds is 3. The summed E-state index contributed by atoms with van der Waals surface area (Å²) in [4.78, 5) is 27.9. The number of likely N-dealkylation sites (tertiary alicyclic amines) is 1. The molecule has 0 radical (unpaired) electrons. The van der Waals surface area contributed by atoms with E-state index in [2.05, 4.69) is 13.8 Å². The highest BCUT2D eigenvalue weighted by molar-refractivity contribution is 6.21. The molecule has 1 N–H and O–H groups in total. The zero-order valence-electron chi connectivity index (χ0n) is 14.0. The molecule has 2 fully saturated rings. The number of quaternary nitrogens is 1. The standard InChI is InChI=1S/C18H24N2O3/c1-12-8-13(2)11-19(10-12)16-9-17(21)20(18(16)22)14-4-6-15(23-3)7-5-14/h4-7,12-13,16H,8-11H2,1-3H3/p+1/t12-,13-,16+/m0/s1. The minimum absolute atomic E-state index is 0.0588. The highest BCUT2D eigenvalue weighted by atomic mass is 16.5. The van der Waals surface area contributed by atoms with Gasteiger partial charge >= 0.3 is 0 Å². The van der Waals surface area contributed by atoms with E-state index in [-0.39, 0.29) is 17.9 Å². The molecule has 0 bridgehead atoms. The SMILES string of the molecule is COc1ccc(N2C(=O)C[C@@H]([NH+]3C[C@@H](C)C[C@H](C)C3)C2=O)cc1. The van der Waals surface area contributed by atoms with E-state index in [0.29, 0.717) is 29.7 Å². The summed E-state index contributed by atoms with van der Waals surface area (Å²) in [7, 11) is 1.60. The van der Waals surface area contributed by atoms with Crippen molar-refractivity contribution in [3.8, 4) is 5.75 Å². The van der Waals surface area contributed by atoms with Crippen LogP contribution in [0.15, 0.2) is 24.3 Å². The number of nitrogens with zero attached hydrogens (tertiary/aromatic N) is 1. The number of nitrogens with one attached hydrogen (secondary N) is 1. The van der Waals surface area contributed by atoms with Crippen LogP contribution < -0.4 is 14.5 Å². The van der Waals surface area contributed by atoms with Crippen molar-refractivity contribution in [1.82, 2.24) is 0 Å². The lowest BCUT2D eigenvalue weighted by molar-refractivity contribution is -0.926. The number of carbonyl (C=O) groups is 2. The van der Waals surface area contributed by atoms with E-state index in [0.717, 1.165) is 13.1 Å². The number of piperidine rings is 1. The molecule has 2 heterocycles. The lowest BCUT2D eigenvalue weighted by Crippen LogP contribution is -3.18. The van der Waals surface area contributed by atoms with Gasteiger partial charge in [-0.3, -0.25) is 9.59 Å². The number of anilines is 1. The van der Waals surface area contributed by atoms with Crippen molar-refractivity contribution in [2.75, 3.05) is 25.1 Å². The molecule has 2 amide bonds. The summed E-state index contributed by atoms with van der Waals surface area (Å²) in [5.74, 6) is 1.77. The predicted octanol–water partition coefficient (Wildman–Crippen LogP) is 0.888. The number of hydrogen-bond donors (Lipinski definition) is 1. The molecule has 3 atom stereocenters. The molecule has 0 aromatic heterocycles. The molecule has 124 valence electrons. The fraction of sp³-hybridized carbons (Fsp3) is 0.556. The first-order valence-corrected chi connectivity index (χ1v) is 8.35. The molecule has 5 heteroatoms. The first-order valence-electron chi connectivity index (χ1n) is 8.35. The number of amides is 2. The molecule has 3 rings (SSSR count). The van der Waals surface area contributed by atoms with Crippen LogP contribution in [0.3, 0.4) is 0 Å². The molecule has 0 saturated carbocycles. The molecule has 23 heavy (non-hydrogen) atoms. The van der Waals surface area contributed by atoms with Gasteiger partial charge in [-0.1, -0.05) is 13.8 Å². The Labute approximate surface area is 137 Å². The normalized spacial score (nSPS) is 31.5. The molecule has 0 unspecified atom stereocenters. The van der Waals surface area contributed by atoms with Gasteiger partial charge in [-0.05, 0) is 30.7 Å². The van der Waals surface area contributed by atoms with Crippen molar-refractivity contribution in [3.63, 3.8) is 0 Å². The van der Waals surface area contributed by atoms with Gasteiger partial charge in [0.15, 0.2) is 6.04 Å². The number of ether oxygens (including phenoxy) is 1. The first kappa shape index (κ1) is 16.0. The molecule has 2 aliphatic rings. The van der Waals surface area contributed by atoms with Crippen LogP contribution in [-0.2, 0) is 9.59 Å². The number of benzene rings is 1. The Morgan fingerprint density at radius 3 is 2.26 bits per heavy atom. The van der Waals surface area contributed by atoms with E-state index in [1.165, 1.54) is 16.2 Å². The third-order valence-electron chi connectivity index (χ3n) is 5.00. The summed E-state index contributed by atoms with van der Waals surface area (Å²) in [6.07, 6.45) is 1.53. The Morgan fingerprint density at radius 1 is 1.09 bits per heavy atom. The van der Waals surface area contributed by atoms with E-state index < -0.39 is 0 Å². The molecule has 0 spiro atoms. The van der Waals surface area contributed by atoms with Crippen LogP contribution in [0.4, 0.5) is 5.69 Å². The summed E-state index contributed by atoms with van der Waals surface area (Å²) in [6, 6.07) is 6.87. The van der Waals surface area contributed by atoms with Gasteiger partial charge in [-0.2, -0.15) is 0 Å². The van der Waals surface area contributed by atoms with Crippen molar-refractivity contribution in [1.29, 1.82) is 0 Å². The van der Waals surface area contributed by atoms with Gasteiger partial charge in [0, 0.05) is 11.8 Å².